The Morgan fingerprint density at radius 2 is 1.73 bits per heavy atom. The van der Waals surface area contributed by atoms with Gasteiger partial charge in [-0.15, -0.1) is 0 Å². The summed E-state index contributed by atoms with van der Waals surface area (Å²) in [5, 5.41) is 2.90. The first-order valence-electron chi connectivity index (χ1n) is 7.49. The van der Waals surface area contributed by atoms with Crippen LogP contribution in [0.2, 0.25) is 0 Å². The second kappa shape index (κ2) is 6.65. The fourth-order valence-electron chi connectivity index (χ4n) is 2.16. The molecule has 0 aromatic heterocycles. The molecule has 22 heavy (non-hydrogen) atoms. The van der Waals surface area contributed by atoms with E-state index in [1.165, 1.54) is 5.56 Å². The molecule has 1 N–H and O–H groups in total. The minimum absolute atomic E-state index is 0.149. The van der Waals surface area contributed by atoms with Gasteiger partial charge in [-0.25, -0.2) is 0 Å². The van der Waals surface area contributed by atoms with Crippen molar-refractivity contribution >= 4 is 11.6 Å². The van der Waals surface area contributed by atoms with E-state index in [9.17, 15) is 4.79 Å². The number of nitrogens with one attached hydrogen (secondary N) is 1. The highest BCUT2D eigenvalue weighted by Crippen LogP contribution is 2.22. The number of hydrogen-bond acceptors (Lipinski definition) is 2. The van der Waals surface area contributed by atoms with E-state index in [1.54, 1.807) is 6.92 Å². The summed E-state index contributed by atoms with van der Waals surface area (Å²) >= 11 is 0. The zero-order valence-electron chi connectivity index (χ0n) is 13.9. The Kier molecular flexibility index (Phi) is 4.86. The predicted molar refractivity (Wildman–Crippen MR) is 90.6 cm³/mol. The zero-order valence-corrected chi connectivity index (χ0v) is 13.9. The summed E-state index contributed by atoms with van der Waals surface area (Å²) in [6, 6.07) is 11.7. The van der Waals surface area contributed by atoms with Crippen LogP contribution in [0, 0.1) is 27.7 Å². The van der Waals surface area contributed by atoms with E-state index in [0.29, 0.717) is 0 Å². The minimum atomic E-state index is -0.554. The Morgan fingerprint density at radius 3 is 2.41 bits per heavy atom. The Labute approximate surface area is 132 Å². The van der Waals surface area contributed by atoms with Crippen molar-refractivity contribution in [3.05, 3.63) is 58.7 Å². The fraction of sp³-hybridized carbons (Fsp3) is 0.316. The monoisotopic (exact) mass is 297 g/mol. The molecular weight excluding hydrogens is 274 g/mol. The summed E-state index contributed by atoms with van der Waals surface area (Å²) < 4.78 is 5.80. The molecule has 0 fully saturated rings. The number of ether oxygens (including phenoxy) is 1. The van der Waals surface area contributed by atoms with Gasteiger partial charge in [-0.2, -0.15) is 0 Å². The van der Waals surface area contributed by atoms with Crippen LogP contribution in [0.4, 0.5) is 5.69 Å². The molecule has 0 aliphatic rings. The van der Waals surface area contributed by atoms with Gasteiger partial charge in [-0.05, 0) is 75.1 Å². The van der Waals surface area contributed by atoms with Crippen molar-refractivity contribution in [2.24, 2.45) is 0 Å². The largest absolute Gasteiger partial charge is 0.481 e. The summed E-state index contributed by atoms with van der Waals surface area (Å²) in [5.74, 6) is 0.604. The van der Waals surface area contributed by atoms with Crippen molar-refractivity contribution in [3.63, 3.8) is 0 Å². The third-order valence-electron chi connectivity index (χ3n) is 4.00. The lowest BCUT2D eigenvalue weighted by Crippen LogP contribution is -2.30. The molecule has 0 radical (unpaired) electrons. The minimum Gasteiger partial charge on any atom is -0.481 e. The fourth-order valence-corrected chi connectivity index (χ4v) is 2.16. The van der Waals surface area contributed by atoms with Gasteiger partial charge in [-0.3, -0.25) is 4.79 Å². The molecule has 0 saturated carbocycles. The average Bonchev–Trinajstić information content (AvgIpc) is 2.47. The molecule has 0 aliphatic carbocycles. The number of carbonyl (C=O) groups is 1. The molecule has 1 unspecified atom stereocenters. The van der Waals surface area contributed by atoms with Crippen LogP contribution in [0.1, 0.15) is 29.2 Å². The third kappa shape index (κ3) is 3.67. The van der Waals surface area contributed by atoms with Crippen molar-refractivity contribution in [2.45, 2.75) is 40.7 Å². The van der Waals surface area contributed by atoms with Crippen LogP contribution in [-0.2, 0) is 4.79 Å². The number of benzene rings is 2. The van der Waals surface area contributed by atoms with Crippen LogP contribution >= 0.6 is 0 Å². The summed E-state index contributed by atoms with van der Waals surface area (Å²) in [6.07, 6.45) is -0.554. The molecule has 3 nitrogen and oxygen atoms in total. The van der Waals surface area contributed by atoms with Gasteiger partial charge in [-0.1, -0.05) is 18.2 Å². The molecule has 116 valence electrons. The Morgan fingerprint density at radius 1 is 1.00 bits per heavy atom. The van der Waals surface area contributed by atoms with Gasteiger partial charge >= 0.3 is 0 Å². The maximum atomic E-state index is 12.3. The van der Waals surface area contributed by atoms with Gasteiger partial charge in [0.15, 0.2) is 6.10 Å². The molecule has 0 saturated heterocycles. The van der Waals surface area contributed by atoms with Crippen molar-refractivity contribution in [1.29, 1.82) is 0 Å². The van der Waals surface area contributed by atoms with Crippen molar-refractivity contribution in [3.8, 4) is 5.75 Å². The lowest BCUT2D eigenvalue weighted by atomic mass is 10.1. The highest BCUT2D eigenvalue weighted by Gasteiger charge is 2.16. The van der Waals surface area contributed by atoms with Crippen molar-refractivity contribution in [2.75, 3.05) is 5.32 Å². The molecular formula is C19H23NO2. The summed E-state index contributed by atoms with van der Waals surface area (Å²) in [4.78, 5) is 12.3. The molecule has 2 aromatic rings. The van der Waals surface area contributed by atoms with Crippen LogP contribution in [0.5, 0.6) is 5.75 Å². The summed E-state index contributed by atoms with van der Waals surface area (Å²) in [7, 11) is 0. The lowest BCUT2D eigenvalue weighted by Gasteiger charge is -2.17. The van der Waals surface area contributed by atoms with Gasteiger partial charge in [0.1, 0.15) is 5.75 Å². The van der Waals surface area contributed by atoms with Crippen LogP contribution in [-0.4, -0.2) is 12.0 Å². The van der Waals surface area contributed by atoms with Crippen LogP contribution in [0.25, 0.3) is 0 Å². The molecule has 0 spiro atoms. The second-order valence-electron chi connectivity index (χ2n) is 5.75. The smallest absolute Gasteiger partial charge is 0.265 e. The first kappa shape index (κ1) is 16.1. The van der Waals surface area contributed by atoms with Gasteiger partial charge < -0.3 is 10.1 Å². The topological polar surface area (TPSA) is 38.3 Å². The van der Waals surface area contributed by atoms with E-state index in [4.69, 9.17) is 4.74 Å². The molecule has 0 heterocycles. The van der Waals surface area contributed by atoms with Crippen LogP contribution in [0.3, 0.4) is 0 Å². The summed E-state index contributed by atoms with van der Waals surface area (Å²) in [5.41, 5.74) is 5.37. The van der Waals surface area contributed by atoms with E-state index >= 15 is 0 Å². The molecule has 2 aromatic carbocycles. The number of hydrogen-bond donors (Lipinski definition) is 1. The highest BCUT2D eigenvalue weighted by atomic mass is 16.5. The third-order valence-corrected chi connectivity index (χ3v) is 4.00. The number of aryl methyl sites for hydroxylation is 3. The molecule has 1 atom stereocenters. The zero-order chi connectivity index (χ0) is 16.3. The van der Waals surface area contributed by atoms with E-state index < -0.39 is 6.10 Å². The average molecular weight is 297 g/mol. The number of carbonyl (C=O) groups excluding carboxylic acids is 1. The second-order valence-corrected chi connectivity index (χ2v) is 5.75. The molecule has 0 bridgehead atoms. The first-order chi connectivity index (χ1) is 10.4. The Balaban J connectivity index is 2.06. The first-order valence-corrected chi connectivity index (χ1v) is 7.49. The normalized spacial score (nSPS) is 11.9. The number of anilines is 1. The highest BCUT2D eigenvalue weighted by molar-refractivity contribution is 5.94. The van der Waals surface area contributed by atoms with Gasteiger partial charge in [0, 0.05) is 5.69 Å². The van der Waals surface area contributed by atoms with E-state index in [-0.39, 0.29) is 5.91 Å². The maximum Gasteiger partial charge on any atom is 0.265 e. The van der Waals surface area contributed by atoms with E-state index in [1.807, 2.05) is 64.1 Å². The van der Waals surface area contributed by atoms with Gasteiger partial charge in [0.2, 0.25) is 0 Å². The predicted octanol–water partition coefficient (Wildman–Crippen LogP) is 4.33. The maximum absolute atomic E-state index is 12.3. The van der Waals surface area contributed by atoms with Crippen LogP contribution in [0.15, 0.2) is 36.4 Å². The SMILES string of the molecule is Cc1ccc(NC(=O)C(C)Oc2cccc(C)c2C)cc1C. The van der Waals surface area contributed by atoms with E-state index in [0.717, 1.165) is 28.1 Å². The van der Waals surface area contributed by atoms with Crippen molar-refractivity contribution < 1.29 is 9.53 Å². The number of rotatable bonds is 4. The summed E-state index contributed by atoms with van der Waals surface area (Å²) in [6.45, 7) is 9.87. The lowest BCUT2D eigenvalue weighted by molar-refractivity contribution is -0.122. The Bertz CT molecular complexity index is 692. The Hall–Kier alpha value is -2.29. The van der Waals surface area contributed by atoms with E-state index in [2.05, 4.69) is 5.32 Å². The standard InChI is InChI=1S/C19H23NO2/c1-12-9-10-17(11-14(12)3)20-19(21)16(5)22-18-8-6-7-13(2)15(18)4/h6-11,16H,1-5H3,(H,20,21). The molecule has 1 amide bonds. The quantitative estimate of drug-likeness (QED) is 0.912. The van der Waals surface area contributed by atoms with Gasteiger partial charge in [0.25, 0.3) is 5.91 Å². The molecule has 2 rings (SSSR count). The van der Waals surface area contributed by atoms with Crippen LogP contribution < -0.4 is 10.1 Å². The molecule has 0 aliphatic heterocycles. The number of amides is 1. The van der Waals surface area contributed by atoms with Crippen molar-refractivity contribution in [1.82, 2.24) is 0 Å². The molecule has 3 heteroatoms. The van der Waals surface area contributed by atoms with Gasteiger partial charge in [0.05, 0.1) is 0 Å².